The SMILES string of the molecule is CC(NCC(=O)NC(C)(C)C)c1ccoc1. The highest BCUT2D eigenvalue weighted by Gasteiger charge is 2.14. The van der Waals surface area contributed by atoms with Gasteiger partial charge in [0, 0.05) is 17.1 Å². The second kappa shape index (κ2) is 5.16. The molecule has 2 N–H and O–H groups in total. The van der Waals surface area contributed by atoms with E-state index in [2.05, 4.69) is 10.6 Å². The fourth-order valence-corrected chi connectivity index (χ4v) is 1.35. The van der Waals surface area contributed by atoms with Gasteiger partial charge >= 0.3 is 0 Å². The van der Waals surface area contributed by atoms with E-state index in [1.165, 1.54) is 0 Å². The minimum atomic E-state index is -0.183. The summed E-state index contributed by atoms with van der Waals surface area (Å²) in [7, 11) is 0. The normalized spacial score (nSPS) is 13.5. The van der Waals surface area contributed by atoms with E-state index < -0.39 is 0 Å². The van der Waals surface area contributed by atoms with Gasteiger partial charge in [0.2, 0.25) is 5.91 Å². The lowest BCUT2D eigenvalue weighted by atomic mass is 10.1. The predicted octanol–water partition coefficient (Wildman–Crippen LogP) is 1.84. The maximum atomic E-state index is 11.5. The third-order valence-corrected chi connectivity index (χ3v) is 2.13. The van der Waals surface area contributed by atoms with Crippen molar-refractivity contribution in [2.75, 3.05) is 6.54 Å². The molecule has 1 atom stereocenters. The number of carbonyl (C=O) groups is 1. The first-order chi connectivity index (χ1) is 7.38. The lowest BCUT2D eigenvalue weighted by molar-refractivity contribution is -0.121. The first-order valence-corrected chi connectivity index (χ1v) is 5.45. The van der Waals surface area contributed by atoms with Crippen molar-refractivity contribution >= 4 is 5.91 Å². The lowest BCUT2D eigenvalue weighted by Crippen LogP contribution is -2.45. The Hall–Kier alpha value is -1.29. The molecular formula is C12H20N2O2. The third kappa shape index (κ3) is 4.49. The van der Waals surface area contributed by atoms with Crippen LogP contribution in [0.5, 0.6) is 0 Å². The highest BCUT2D eigenvalue weighted by Crippen LogP contribution is 2.11. The Morgan fingerprint density at radius 2 is 2.19 bits per heavy atom. The van der Waals surface area contributed by atoms with Crippen molar-refractivity contribution in [3.8, 4) is 0 Å². The summed E-state index contributed by atoms with van der Waals surface area (Å²) in [6.45, 7) is 8.19. The van der Waals surface area contributed by atoms with E-state index in [1.54, 1.807) is 12.5 Å². The molecule has 0 bridgehead atoms. The van der Waals surface area contributed by atoms with Crippen LogP contribution in [-0.4, -0.2) is 18.0 Å². The van der Waals surface area contributed by atoms with E-state index in [4.69, 9.17) is 4.42 Å². The molecule has 0 spiro atoms. The fraction of sp³-hybridized carbons (Fsp3) is 0.583. The van der Waals surface area contributed by atoms with Crippen LogP contribution in [0.15, 0.2) is 23.0 Å². The molecule has 1 aromatic heterocycles. The molecule has 0 aliphatic heterocycles. The minimum Gasteiger partial charge on any atom is -0.472 e. The number of amides is 1. The average Bonchev–Trinajstić information content (AvgIpc) is 2.64. The van der Waals surface area contributed by atoms with Gasteiger partial charge in [0.25, 0.3) is 0 Å². The number of nitrogens with one attached hydrogen (secondary N) is 2. The molecule has 4 nitrogen and oxygen atoms in total. The second-order valence-electron chi connectivity index (χ2n) is 4.96. The van der Waals surface area contributed by atoms with Crippen LogP contribution in [0.4, 0.5) is 0 Å². The molecule has 0 aliphatic rings. The Bertz CT molecular complexity index is 325. The minimum absolute atomic E-state index is 0.00263. The molecule has 4 heteroatoms. The topological polar surface area (TPSA) is 54.3 Å². The summed E-state index contributed by atoms with van der Waals surface area (Å²) in [5.41, 5.74) is 0.862. The zero-order valence-electron chi connectivity index (χ0n) is 10.3. The van der Waals surface area contributed by atoms with Gasteiger partial charge in [-0.2, -0.15) is 0 Å². The molecule has 16 heavy (non-hydrogen) atoms. The first-order valence-electron chi connectivity index (χ1n) is 5.45. The standard InChI is InChI=1S/C12H20N2O2/c1-9(10-5-6-16-8-10)13-7-11(15)14-12(2,3)4/h5-6,8-9,13H,7H2,1-4H3,(H,14,15). The van der Waals surface area contributed by atoms with Gasteiger partial charge in [-0.05, 0) is 33.8 Å². The highest BCUT2D eigenvalue weighted by molar-refractivity contribution is 5.78. The molecule has 0 aliphatic carbocycles. The van der Waals surface area contributed by atoms with Crippen molar-refractivity contribution in [1.29, 1.82) is 0 Å². The van der Waals surface area contributed by atoms with Gasteiger partial charge in [-0.15, -0.1) is 0 Å². The van der Waals surface area contributed by atoms with Crippen LogP contribution in [0.1, 0.15) is 39.3 Å². The van der Waals surface area contributed by atoms with Crippen molar-refractivity contribution in [2.24, 2.45) is 0 Å². The van der Waals surface area contributed by atoms with Crippen LogP contribution < -0.4 is 10.6 Å². The van der Waals surface area contributed by atoms with Crippen LogP contribution in [0.3, 0.4) is 0 Å². The van der Waals surface area contributed by atoms with E-state index in [9.17, 15) is 4.79 Å². The molecular weight excluding hydrogens is 204 g/mol. The number of hydrogen-bond donors (Lipinski definition) is 2. The lowest BCUT2D eigenvalue weighted by Gasteiger charge is -2.21. The van der Waals surface area contributed by atoms with Crippen molar-refractivity contribution in [1.82, 2.24) is 10.6 Å². The number of furan rings is 1. The van der Waals surface area contributed by atoms with Crippen LogP contribution in [0.25, 0.3) is 0 Å². The Morgan fingerprint density at radius 1 is 1.50 bits per heavy atom. The molecule has 1 aromatic rings. The summed E-state index contributed by atoms with van der Waals surface area (Å²) in [6, 6.07) is 2.00. The zero-order chi connectivity index (χ0) is 12.2. The van der Waals surface area contributed by atoms with Gasteiger partial charge in [0.15, 0.2) is 0 Å². The molecule has 1 heterocycles. The zero-order valence-corrected chi connectivity index (χ0v) is 10.3. The quantitative estimate of drug-likeness (QED) is 0.820. The van der Waals surface area contributed by atoms with E-state index in [1.807, 2.05) is 33.8 Å². The summed E-state index contributed by atoms with van der Waals surface area (Å²) in [6.07, 6.45) is 3.31. The van der Waals surface area contributed by atoms with Crippen molar-refractivity contribution in [2.45, 2.75) is 39.3 Å². The van der Waals surface area contributed by atoms with E-state index in [-0.39, 0.29) is 17.5 Å². The van der Waals surface area contributed by atoms with Gasteiger partial charge in [-0.1, -0.05) is 0 Å². The van der Waals surface area contributed by atoms with Gasteiger partial charge in [-0.25, -0.2) is 0 Å². The number of carbonyl (C=O) groups excluding carboxylic acids is 1. The average molecular weight is 224 g/mol. The van der Waals surface area contributed by atoms with E-state index in [0.29, 0.717) is 6.54 Å². The largest absolute Gasteiger partial charge is 0.472 e. The van der Waals surface area contributed by atoms with Crippen LogP contribution in [-0.2, 0) is 4.79 Å². The molecule has 0 saturated heterocycles. The Balaban J connectivity index is 2.32. The second-order valence-corrected chi connectivity index (χ2v) is 4.96. The van der Waals surface area contributed by atoms with Crippen LogP contribution >= 0.6 is 0 Å². The van der Waals surface area contributed by atoms with Crippen LogP contribution in [0.2, 0.25) is 0 Å². The molecule has 1 unspecified atom stereocenters. The molecule has 0 fully saturated rings. The predicted molar refractivity (Wildman–Crippen MR) is 63.0 cm³/mol. The summed E-state index contributed by atoms with van der Waals surface area (Å²) < 4.78 is 4.98. The van der Waals surface area contributed by atoms with Crippen LogP contribution in [0, 0.1) is 0 Å². The van der Waals surface area contributed by atoms with Crippen molar-refractivity contribution in [3.63, 3.8) is 0 Å². The van der Waals surface area contributed by atoms with Crippen molar-refractivity contribution < 1.29 is 9.21 Å². The molecule has 0 saturated carbocycles. The Labute approximate surface area is 96.4 Å². The van der Waals surface area contributed by atoms with Gasteiger partial charge in [0.1, 0.15) is 0 Å². The van der Waals surface area contributed by atoms with Gasteiger partial charge in [0.05, 0.1) is 19.1 Å². The van der Waals surface area contributed by atoms with Gasteiger partial charge < -0.3 is 15.1 Å². The van der Waals surface area contributed by atoms with Gasteiger partial charge in [-0.3, -0.25) is 4.79 Å². The summed E-state index contributed by atoms with van der Waals surface area (Å²) in [4.78, 5) is 11.5. The van der Waals surface area contributed by atoms with E-state index >= 15 is 0 Å². The monoisotopic (exact) mass is 224 g/mol. The first kappa shape index (κ1) is 12.8. The summed E-state index contributed by atoms with van der Waals surface area (Å²) in [5.74, 6) is 0.00263. The molecule has 90 valence electrons. The summed E-state index contributed by atoms with van der Waals surface area (Å²) in [5, 5.41) is 6.03. The summed E-state index contributed by atoms with van der Waals surface area (Å²) >= 11 is 0. The molecule has 1 amide bonds. The van der Waals surface area contributed by atoms with E-state index in [0.717, 1.165) is 5.56 Å². The highest BCUT2D eigenvalue weighted by atomic mass is 16.3. The maximum absolute atomic E-state index is 11.5. The Kier molecular flexibility index (Phi) is 4.12. The fourth-order valence-electron chi connectivity index (χ4n) is 1.35. The Morgan fingerprint density at radius 3 is 2.69 bits per heavy atom. The third-order valence-electron chi connectivity index (χ3n) is 2.13. The smallest absolute Gasteiger partial charge is 0.234 e. The number of rotatable bonds is 4. The maximum Gasteiger partial charge on any atom is 0.234 e. The number of hydrogen-bond acceptors (Lipinski definition) is 3. The molecule has 0 aromatic carbocycles. The molecule has 0 radical (unpaired) electrons. The van der Waals surface area contributed by atoms with Crippen molar-refractivity contribution in [3.05, 3.63) is 24.2 Å². The molecule has 1 rings (SSSR count).